The number of nitrogens with zero attached hydrogens (tertiary/aromatic N) is 3. The summed E-state index contributed by atoms with van der Waals surface area (Å²) in [5.41, 5.74) is 0. The van der Waals surface area contributed by atoms with Crippen LogP contribution in [-0.4, -0.2) is 35.4 Å². The predicted octanol–water partition coefficient (Wildman–Crippen LogP) is 0.691. The molecule has 0 amide bonds. The average Bonchev–Trinajstić information content (AvgIpc) is 2.41. The third kappa shape index (κ3) is 4.30. The number of hydrogen-bond acceptors (Lipinski definition) is 7. The van der Waals surface area contributed by atoms with Crippen LogP contribution in [-0.2, 0) is 4.84 Å². The van der Waals surface area contributed by atoms with Crippen LogP contribution in [0, 0.1) is 0 Å². The zero-order chi connectivity index (χ0) is 13.4. The molecule has 1 heterocycles. The molecule has 1 aromatic rings. The second-order valence-electron chi connectivity index (χ2n) is 3.65. The number of H-pyrrole nitrogens is 1. The number of nitrogens with one attached hydrogen (secondary N) is 3. The minimum Gasteiger partial charge on any atom is -0.337 e. The number of aromatic nitrogens is 3. The lowest BCUT2D eigenvalue weighted by Gasteiger charge is -2.08. The lowest BCUT2D eigenvalue weighted by molar-refractivity contribution is -0.368. The van der Waals surface area contributed by atoms with Gasteiger partial charge in [-0.2, -0.15) is 0 Å². The number of aromatic amines is 1. The largest absolute Gasteiger partial charge is 0.380 e. The lowest BCUT2D eigenvalue weighted by Crippen LogP contribution is -2.30. The fourth-order valence-corrected chi connectivity index (χ4v) is 1.21. The van der Waals surface area contributed by atoms with E-state index in [0.717, 1.165) is 25.9 Å². The molecular weight excluding hydrogens is 236 g/mol. The van der Waals surface area contributed by atoms with Gasteiger partial charge in [0.2, 0.25) is 0 Å². The van der Waals surface area contributed by atoms with Gasteiger partial charge < -0.3 is 10.6 Å². The molecule has 0 aromatic carbocycles. The van der Waals surface area contributed by atoms with Gasteiger partial charge in [0.05, 0.1) is 7.11 Å². The van der Waals surface area contributed by atoms with E-state index in [1.165, 1.54) is 7.11 Å². The van der Waals surface area contributed by atoms with Crippen molar-refractivity contribution in [3.63, 3.8) is 0 Å². The molecule has 0 radical (unpaired) electrons. The Bertz CT molecular complexity index is 336. The molecular formula is C10H21N6O2+. The van der Waals surface area contributed by atoms with Gasteiger partial charge >= 0.3 is 17.8 Å². The van der Waals surface area contributed by atoms with Gasteiger partial charge in [0.15, 0.2) is 0 Å². The summed E-state index contributed by atoms with van der Waals surface area (Å²) in [6, 6.07) is 0. The molecule has 0 saturated carbocycles. The molecule has 1 rings (SSSR count). The van der Waals surface area contributed by atoms with Crippen molar-refractivity contribution in [2.24, 2.45) is 0 Å². The van der Waals surface area contributed by atoms with Crippen molar-refractivity contribution in [2.45, 2.75) is 26.7 Å². The summed E-state index contributed by atoms with van der Waals surface area (Å²) in [6.45, 7) is 5.64. The van der Waals surface area contributed by atoms with E-state index < -0.39 is 0 Å². The monoisotopic (exact) mass is 257 g/mol. The summed E-state index contributed by atoms with van der Waals surface area (Å²) in [5.74, 6) is 1.11. The first-order valence-corrected chi connectivity index (χ1v) is 6.03. The summed E-state index contributed by atoms with van der Waals surface area (Å²) in [6.07, 6.45) is 1.93. The summed E-state index contributed by atoms with van der Waals surface area (Å²) in [5, 5.41) is 16.2. The van der Waals surface area contributed by atoms with E-state index in [2.05, 4.69) is 37.3 Å². The van der Waals surface area contributed by atoms with Crippen LogP contribution in [0.15, 0.2) is 0 Å². The maximum Gasteiger partial charge on any atom is 0.380 e. The number of anilines is 3. The van der Waals surface area contributed by atoms with Crippen molar-refractivity contribution < 1.29 is 15.0 Å². The second-order valence-corrected chi connectivity index (χ2v) is 3.65. The lowest BCUT2D eigenvalue weighted by atomic mass is 10.5. The Labute approximate surface area is 106 Å². The minimum absolute atomic E-state index is 0.157. The highest BCUT2D eigenvalue weighted by molar-refractivity contribution is 5.34. The number of hydrogen-bond donors (Lipinski definition) is 3. The van der Waals surface area contributed by atoms with Gasteiger partial charge in [-0.3, -0.25) is 0 Å². The summed E-state index contributed by atoms with van der Waals surface area (Å²) < 4.78 is 0. The fraction of sp³-hybridized carbons (Fsp3) is 0.700. The maximum absolute atomic E-state index is 9.46. The van der Waals surface area contributed by atoms with Gasteiger partial charge in [0, 0.05) is 13.1 Å². The van der Waals surface area contributed by atoms with Crippen molar-refractivity contribution in [1.82, 2.24) is 9.97 Å². The van der Waals surface area contributed by atoms with Gasteiger partial charge in [-0.05, 0) is 18.1 Å². The van der Waals surface area contributed by atoms with Crippen LogP contribution in [0.4, 0.5) is 17.8 Å². The molecule has 102 valence electrons. The topological polar surface area (TPSA) is 96.7 Å². The zero-order valence-electron chi connectivity index (χ0n) is 11.0. The Balaban J connectivity index is 2.88. The van der Waals surface area contributed by atoms with E-state index in [9.17, 15) is 5.21 Å². The molecule has 18 heavy (non-hydrogen) atoms. The summed E-state index contributed by atoms with van der Waals surface area (Å²) in [7, 11) is 1.34. The molecule has 0 aliphatic carbocycles. The smallest absolute Gasteiger partial charge is 0.337 e. The highest BCUT2D eigenvalue weighted by Crippen LogP contribution is 2.07. The van der Waals surface area contributed by atoms with E-state index in [0.29, 0.717) is 17.1 Å². The first-order chi connectivity index (χ1) is 8.71. The Hall–Kier alpha value is -1.67. The Morgan fingerprint density at radius 2 is 1.89 bits per heavy atom. The Morgan fingerprint density at radius 1 is 1.22 bits per heavy atom. The quantitative estimate of drug-likeness (QED) is 0.589. The van der Waals surface area contributed by atoms with E-state index in [-0.39, 0.29) is 5.95 Å². The van der Waals surface area contributed by atoms with Crippen molar-refractivity contribution in [3.05, 3.63) is 0 Å². The Morgan fingerprint density at radius 3 is 2.50 bits per heavy atom. The molecule has 1 aromatic heterocycles. The predicted molar refractivity (Wildman–Crippen MR) is 67.4 cm³/mol. The van der Waals surface area contributed by atoms with E-state index >= 15 is 0 Å². The van der Waals surface area contributed by atoms with E-state index in [1.807, 2.05) is 6.92 Å². The Kier molecular flexibility index (Phi) is 6.09. The highest BCUT2D eigenvalue weighted by atomic mass is 16.9. The summed E-state index contributed by atoms with van der Waals surface area (Å²) in [4.78, 5) is 15.8. The van der Waals surface area contributed by atoms with Crippen LogP contribution in [0.2, 0.25) is 0 Å². The molecule has 0 spiro atoms. The first-order valence-electron chi connectivity index (χ1n) is 6.03. The first kappa shape index (κ1) is 14.4. The van der Waals surface area contributed by atoms with Crippen LogP contribution in [0.5, 0.6) is 0 Å². The van der Waals surface area contributed by atoms with Crippen LogP contribution < -0.4 is 20.8 Å². The van der Waals surface area contributed by atoms with Crippen molar-refractivity contribution in [2.75, 3.05) is 36.1 Å². The van der Waals surface area contributed by atoms with E-state index in [1.54, 1.807) is 0 Å². The number of rotatable bonds is 8. The van der Waals surface area contributed by atoms with Crippen molar-refractivity contribution in [3.8, 4) is 0 Å². The van der Waals surface area contributed by atoms with Gasteiger partial charge in [-0.25, -0.2) is 15.0 Å². The molecule has 0 atom stereocenters. The van der Waals surface area contributed by atoms with Crippen molar-refractivity contribution in [1.29, 1.82) is 0 Å². The molecule has 8 heteroatoms. The fourth-order valence-electron chi connectivity index (χ4n) is 1.21. The van der Waals surface area contributed by atoms with E-state index in [4.69, 9.17) is 0 Å². The zero-order valence-corrected chi connectivity index (χ0v) is 11.0. The molecule has 0 saturated heterocycles. The molecule has 0 fully saturated rings. The van der Waals surface area contributed by atoms with Crippen molar-refractivity contribution >= 4 is 17.8 Å². The third-order valence-corrected chi connectivity index (χ3v) is 2.09. The molecule has 4 N–H and O–H groups in total. The maximum atomic E-state index is 9.46. The molecule has 0 aliphatic rings. The standard InChI is InChI=1S/C10H20N6O2/c1-4-6-11-8-13-9(12-7-5-2)15-10(14-8)16(17)18-3/h17H,4-7H2,1-3H3,(H2,11,12,13,14,15)/p+1. The van der Waals surface area contributed by atoms with Crippen LogP contribution in [0.25, 0.3) is 0 Å². The van der Waals surface area contributed by atoms with Crippen LogP contribution in [0.3, 0.4) is 0 Å². The summed E-state index contributed by atoms with van der Waals surface area (Å²) >= 11 is 0. The average molecular weight is 257 g/mol. The van der Waals surface area contributed by atoms with Crippen LogP contribution >= 0.6 is 0 Å². The second kappa shape index (κ2) is 7.62. The van der Waals surface area contributed by atoms with Crippen LogP contribution in [0.1, 0.15) is 26.7 Å². The van der Waals surface area contributed by atoms with Gasteiger partial charge in [0.1, 0.15) is 0 Å². The molecule has 0 bridgehead atoms. The van der Waals surface area contributed by atoms with Gasteiger partial charge in [-0.1, -0.05) is 23.8 Å². The third-order valence-electron chi connectivity index (χ3n) is 2.09. The molecule has 0 aliphatic heterocycles. The normalized spacial score (nSPS) is 10.2. The van der Waals surface area contributed by atoms with Gasteiger partial charge in [-0.15, -0.1) is 0 Å². The molecule has 8 nitrogen and oxygen atoms in total. The SMILES string of the molecule is CCCNc1nc(NCCC)[nH+]c(N(O)OC)n1. The highest BCUT2D eigenvalue weighted by Gasteiger charge is 2.17. The minimum atomic E-state index is 0.157. The molecule has 0 unspecified atom stereocenters. The van der Waals surface area contributed by atoms with Gasteiger partial charge in [0.25, 0.3) is 0 Å².